The predicted octanol–water partition coefficient (Wildman–Crippen LogP) is 3.76. The summed E-state index contributed by atoms with van der Waals surface area (Å²) in [6.45, 7) is 4.15. The summed E-state index contributed by atoms with van der Waals surface area (Å²) in [5, 5.41) is 12.4. The summed E-state index contributed by atoms with van der Waals surface area (Å²) in [7, 11) is 0. The van der Waals surface area contributed by atoms with Crippen LogP contribution in [0.3, 0.4) is 0 Å². The van der Waals surface area contributed by atoms with Gasteiger partial charge in [-0.3, -0.25) is 0 Å². The lowest BCUT2D eigenvalue weighted by molar-refractivity contribution is 0.219. The number of aliphatic hydroxyl groups is 1. The molecule has 16 heavy (non-hydrogen) atoms. The van der Waals surface area contributed by atoms with Gasteiger partial charge in [0.25, 0.3) is 0 Å². The summed E-state index contributed by atoms with van der Waals surface area (Å²) in [5.74, 6) is 0. The Hall–Kier alpha value is -1.05. The molecule has 2 aromatic carbocycles. The minimum absolute atomic E-state index is 0.108. The minimum atomic E-state index is -0.273. The fourth-order valence-electron chi connectivity index (χ4n) is 1.94. The first-order chi connectivity index (χ1) is 7.56. The second-order valence-electron chi connectivity index (χ2n) is 4.69. The number of hydrogen-bond donors (Lipinski definition) is 1. The molecule has 0 aliphatic heterocycles. The number of aliphatic hydroxyl groups excluding tert-OH is 1. The largest absolute Gasteiger partial charge is 0.395 e. The van der Waals surface area contributed by atoms with E-state index < -0.39 is 0 Å². The third kappa shape index (κ3) is 1.81. The molecule has 0 atom stereocenters. The second-order valence-corrected chi connectivity index (χ2v) is 5.09. The van der Waals surface area contributed by atoms with E-state index in [2.05, 4.69) is 0 Å². The van der Waals surface area contributed by atoms with Gasteiger partial charge in [-0.15, -0.1) is 0 Å². The Kier molecular flexibility index (Phi) is 2.92. The molecule has 0 amide bonds. The van der Waals surface area contributed by atoms with Crippen LogP contribution in [0, 0.1) is 0 Å². The van der Waals surface area contributed by atoms with Gasteiger partial charge in [-0.25, -0.2) is 0 Å². The molecule has 0 aromatic heterocycles. The van der Waals surface area contributed by atoms with E-state index in [0.717, 1.165) is 21.4 Å². The summed E-state index contributed by atoms with van der Waals surface area (Å²) in [5.41, 5.74) is 0.822. The molecule has 0 bridgehead atoms. The maximum absolute atomic E-state index is 9.45. The van der Waals surface area contributed by atoms with Crippen LogP contribution in [-0.4, -0.2) is 11.7 Å². The van der Waals surface area contributed by atoms with Crippen molar-refractivity contribution in [2.45, 2.75) is 19.3 Å². The fraction of sp³-hybridized carbons (Fsp3) is 0.286. The van der Waals surface area contributed by atoms with Crippen molar-refractivity contribution in [3.05, 3.63) is 47.0 Å². The Morgan fingerprint density at radius 1 is 1.12 bits per heavy atom. The van der Waals surface area contributed by atoms with Crippen LogP contribution in [0.5, 0.6) is 0 Å². The fourth-order valence-corrected chi connectivity index (χ4v) is 2.23. The molecule has 0 saturated carbocycles. The Balaban J connectivity index is 2.80. The van der Waals surface area contributed by atoms with Gasteiger partial charge in [0.05, 0.1) is 6.61 Å². The molecule has 2 heteroatoms. The summed E-state index contributed by atoms with van der Waals surface area (Å²) in [6.07, 6.45) is 0. The molecule has 2 aromatic rings. The maximum atomic E-state index is 9.45. The first-order valence-corrected chi connectivity index (χ1v) is 5.72. The molecular formula is C14H15ClO. The van der Waals surface area contributed by atoms with Gasteiger partial charge < -0.3 is 5.11 Å². The molecule has 0 aliphatic carbocycles. The second kappa shape index (κ2) is 4.08. The van der Waals surface area contributed by atoms with Gasteiger partial charge in [0, 0.05) is 15.8 Å². The molecule has 0 unspecified atom stereocenters. The van der Waals surface area contributed by atoms with Gasteiger partial charge in [0.15, 0.2) is 0 Å². The average molecular weight is 235 g/mol. The Bertz CT molecular complexity index is 512. The highest BCUT2D eigenvalue weighted by atomic mass is 35.5. The highest BCUT2D eigenvalue weighted by molar-refractivity contribution is 6.35. The molecule has 1 N–H and O–H groups in total. The normalized spacial score (nSPS) is 12.0. The van der Waals surface area contributed by atoms with Gasteiger partial charge in [0.1, 0.15) is 0 Å². The van der Waals surface area contributed by atoms with Crippen molar-refractivity contribution in [2.75, 3.05) is 6.61 Å². The summed E-state index contributed by atoms with van der Waals surface area (Å²) in [4.78, 5) is 0. The molecule has 1 nitrogen and oxygen atoms in total. The zero-order valence-corrected chi connectivity index (χ0v) is 10.3. The topological polar surface area (TPSA) is 20.2 Å². The predicted molar refractivity (Wildman–Crippen MR) is 69.1 cm³/mol. The van der Waals surface area contributed by atoms with E-state index in [1.807, 2.05) is 50.2 Å². The first kappa shape index (κ1) is 11.4. The quantitative estimate of drug-likeness (QED) is 0.839. The molecule has 0 spiro atoms. The molecule has 0 heterocycles. The lowest BCUT2D eigenvalue weighted by Crippen LogP contribution is -2.22. The van der Waals surface area contributed by atoms with E-state index in [1.165, 1.54) is 0 Å². The number of benzene rings is 2. The van der Waals surface area contributed by atoms with E-state index in [1.54, 1.807) is 0 Å². The average Bonchev–Trinajstić information content (AvgIpc) is 2.29. The number of hydrogen-bond acceptors (Lipinski definition) is 1. The Labute approximate surface area is 101 Å². The SMILES string of the molecule is CC(C)(CO)c1cccc2cccc(Cl)c12. The van der Waals surface area contributed by atoms with E-state index in [9.17, 15) is 5.11 Å². The van der Waals surface area contributed by atoms with Crippen molar-refractivity contribution >= 4 is 22.4 Å². The van der Waals surface area contributed by atoms with Crippen LogP contribution in [0.25, 0.3) is 10.8 Å². The number of fused-ring (bicyclic) bond motifs is 1. The van der Waals surface area contributed by atoms with Crippen molar-refractivity contribution in [3.8, 4) is 0 Å². The van der Waals surface area contributed by atoms with Crippen LogP contribution in [0.1, 0.15) is 19.4 Å². The summed E-state index contributed by atoms with van der Waals surface area (Å²) >= 11 is 6.24. The van der Waals surface area contributed by atoms with Gasteiger partial charge in [-0.1, -0.05) is 55.8 Å². The molecule has 0 saturated heterocycles. The van der Waals surface area contributed by atoms with Gasteiger partial charge >= 0.3 is 0 Å². The Morgan fingerprint density at radius 2 is 1.75 bits per heavy atom. The van der Waals surface area contributed by atoms with Crippen molar-refractivity contribution < 1.29 is 5.11 Å². The molecule has 0 aliphatic rings. The van der Waals surface area contributed by atoms with E-state index in [0.29, 0.717) is 0 Å². The summed E-state index contributed by atoms with van der Waals surface area (Å²) in [6, 6.07) is 12.0. The maximum Gasteiger partial charge on any atom is 0.0522 e. The van der Waals surface area contributed by atoms with E-state index in [4.69, 9.17) is 11.6 Å². The highest BCUT2D eigenvalue weighted by Gasteiger charge is 2.22. The van der Waals surface area contributed by atoms with Crippen molar-refractivity contribution in [1.29, 1.82) is 0 Å². The van der Waals surface area contributed by atoms with Crippen LogP contribution in [-0.2, 0) is 5.41 Å². The van der Waals surface area contributed by atoms with Gasteiger partial charge in [-0.05, 0) is 17.0 Å². The smallest absolute Gasteiger partial charge is 0.0522 e. The van der Waals surface area contributed by atoms with Crippen molar-refractivity contribution in [3.63, 3.8) is 0 Å². The number of halogens is 1. The van der Waals surface area contributed by atoms with Gasteiger partial charge in [-0.2, -0.15) is 0 Å². The van der Waals surface area contributed by atoms with Crippen LogP contribution >= 0.6 is 11.6 Å². The van der Waals surface area contributed by atoms with E-state index >= 15 is 0 Å². The summed E-state index contributed by atoms with van der Waals surface area (Å²) < 4.78 is 0. The first-order valence-electron chi connectivity index (χ1n) is 5.35. The highest BCUT2D eigenvalue weighted by Crippen LogP contribution is 2.34. The van der Waals surface area contributed by atoms with Crippen LogP contribution in [0.15, 0.2) is 36.4 Å². The third-order valence-electron chi connectivity index (χ3n) is 2.98. The zero-order valence-electron chi connectivity index (χ0n) is 9.50. The molecule has 0 fully saturated rings. The van der Waals surface area contributed by atoms with Crippen LogP contribution < -0.4 is 0 Å². The van der Waals surface area contributed by atoms with Crippen LogP contribution in [0.4, 0.5) is 0 Å². The third-order valence-corrected chi connectivity index (χ3v) is 3.29. The van der Waals surface area contributed by atoms with Gasteiger partial charge in [0.2, 0.25) is 0 Å². The van der Waals surface area contributed by atoms with E-state index in [-0.39, 0.29) is 12.0 Å². The number of rotatable bonds is 2. The van der Waals surface area contributed by atoms with Crippen molar-refractivity contribution in [1.82, 2.24) is 0 Å². The lowest BCUT2D eigenvalue weighted by Gasteiger charge is -2.24. The molecule has 2 rings (SSSR count). The van der Waals surface area contributed by atoms with Crippen molar-refractivity contribution in [2.24, 2.45) is 0 Å². The minimum Gasteiger partial charge on any atom is -0.395 e. The van der Waals surface area contributed by atoms with Crippen LogP contribution in [0.2, 0.25) is 5.02 Å². The Morgan fingerprint density at radius 3 is 2.38 bits per heavy atom. The molecule has 0 radical (unpaired) electrons. The molecular weight excluding hydrogens is 220 g/mol. The molecule has 84 valence electrons. The standard InChI is InChI=1S/C14H15ClO/c1-14(2,9-16)11-7-3-5-10-6-4-8-12(15)13(10)11/h3-8,16H,9H2,1-2H3. The monoisotopic (exact) mass is 234 g/mol. The zero-order chi connectivity index (χ0) is 11.8. The lowest BCUT2D eigenvalue weighted by atomic mass is 9.82.